The molecule has 24 heavy (non-hydrogen) atoms. The van der Waals surface area contributed by atoms with Gasteiger partial charge in [0.2, 0.25) is 11.8 Å². The van der Waals surface area contributed by atoms with Gasteiger partial charge in [-0.25, -0.2) is 0 Å². The van der Waals surface area contributed by atoms with E-state index in [0.717, 1.165) is 0 Å². The lowest BCUT2D eigenvalue weighted by atomic mass is 10.3. The number of nitrogens with two attached hydrogens (primary N) is 1. The number of nitrogens with zero attached hydrogens (tertiary/aromatic N) is 4. The van der Waals surface area contributed by atoms with Gasteiger partial charge in [0.05, 0.1) is 12.0 Å². The van der Waals surface area contributed by atoms with Gasteiger partial charge in [0.15, 0.2) is 16.7 Å². The second-order valence-corrected chi connectivity index (χ2v) is 5.95. The molecular formula is C15H21N5O3S. The molecular weight excluding hydrogens is 330 g/mol. The van der Waals surface area contributed by atoms with E-state index >= 15 is 0 Å². The lowest BCUT2D eigenvalue weighted by Crippen LogP contribution is -2.32. The number of thioether (sulfide) groups is 1. The summed E-state index contributed by atoms with van der Waals surface area (Å²) in [5, 5.41) is 8.81. The number of furan rings is 1. The molecule has 0 aliphatic carbocycles. The summed E-state index contributed by atoms with van der Waals surface area (Å²) in [4.78, 5) is 25.0. The van der Waals surface area contributed by atoms with Gasteiger partial charge in [-0.1, -0.05) is 11.8 Å². The maximum atomic E-state index is 12.1. The Hall–Kier alpha value is -2.29. The monoisotopic (exact) mass is 351 g/mol. The lowest BCUT2D eigenvalue weighted by Gasteiger charge is -2.18. The van der Waals surface area contributed by atoms with Gasteiger partial charge in [0.25, 0.3) is 0 Å². The third-order valence-corrected chi connectivity index (χ3v) is 4.43. The molecule has 2 rings (SSSR count). The summed E-state index contributed by atoms with van der Waals surface area (Å²) in [5.41, 5.74) is 5.24. The highest BCUT2D eigenvalue weighted by atomic mass is 32.2. The van der Waals surface area contributed by atoms with E-state index in [-0.39, 0.29) is 18.1 Å². The molecule has 0 aromatic carbocycles. The quantitative estimate of drug-likeness (QED) is 0.684. The number of carbonyl (C=O) groups is 2. The summed E-state index contributed by atoms with van der Waals surface area (Å²) < 4.78 is 7.11. The van der Waals surface area contributed by atoms with E-state index in [4.69, 9.17) is 10.2 Å². The molecule has 0 atom stereocenters. The average Bonchev–Trinajstić information content (AvgIpc) is 3.21. The molecule has 0 bridgehead atoms. The Kier molecular flexibility index (Phi) is 6.42. The van der Waals surface area contributed by atoms with Crippen LogP contribution in [0.25, 0.3) is 11.6 Å². The molecule has 0 aliphatic heterocycles. The van der Waals surface area contributed by atoms with Gasteiger partial charge in [-0.3, -0.25) is 14.2 Å². The Labute approximate surface area is 144 Å². The van der Waals surface area contributed by atoms with Crippen LogP contribution in [0.1, 0.15) is 20.3 Å². The van der Waals surface area contributed by atoms with Crippen molar-refractivity contribution >= 4 is 23.6 Å². The van der Waals surface area contributed by atoms with Crippen LogP contribution in [0.3, 0.4) is 0 Å². The molecule has 9 heteroatoms. The standard InChI is InChI=1S/C15H21N5O3S/c1-3-19(4-2)13(22)10-24-15-18-17-14(11-6-5-9-23-11)20(15)8-7-12(16)21/h5-6,9H,3-4,7-8,10H2,1-2H3,(H2,16,21). The molecule has 8 nitrogen and oxygen atoms in total. The molecule has 2 amide bonds. The highest BCUT2D eigenvalue weighted by Crippen LogP contribution is 2.24. The molecule has 0 saturated carbocycles. The fourth-order valence-corrected chi connectivity index (χ4v) is 3.07. The largest absolute Gasteiger partial charge is 0.461 e. The third-order valence-electron chi connectivity index (χ3n) is 3.48. The van der Waals surface area contributed by atoms with Gasteiger partial charge in [-0.05, 0) is 26.0 Å². The minimum absolute atomic E-state index is 0.0361. The summed E-state index contributed by atoms with van der Waals surface area (Å²) in [6.07, 6.45) is 1.70. The van der Waals surface area contributed by atoms with Crippen LogP contribution in [0.4, 0.5) is 0 Å². The van der Waals surface area contributed by atoms with Crippen molar-refractivity contribution in [3.63, 3.8) is 0 Å². The van der Waals surface area contributed by atoms with E-state index in [0.29, 0.717) is 36.4 Å². The van der Waals surface area contributed by atoms with Crippen molar-refractivity contribution in [3.05, 3.63) is 18.4 Å². The predicted octanol–water partition coefficient (Wildman–Crippen LogP) is 1.37. The topological polar surface area (TPSA) is 107 Å². The normalized spacial score (nSPS) is 10.8. The fraction of sp³-hybridized carbons (Fsp3) is 0.467. The summed E-state index contributed by atoms with van der Waals surface area (Å²) in [6, 6.07) is 3.51. The molecule has 2 aromatic heterocycles. The fourth-order valence-electron chi connectivity index (χ4n) is 2.20. The van der Waals surface area contributed by atoms with Gasteiger partial charge in [0, 0.05) is 26.1 Å². The second kappa shape index (κ2) is 8.53. The maximum Gasteiger partial charge on any atom is 0.233 e. The van der Waals surface area contributed by atoms with Crippen LogP contribution in [0.15, 0.2) is 28.0 Å². The highest BCUT2D eigenvalue weighted by Gasteiger charge is 2.19. The molecule has 2 aromatic rings. The molecule has 0 aliphatic rings. The number of aromatic nitrogens is 3. The second-order valence-electron chi connectivity index (χ2n) is 5.01. The van der Waals surface area contributed by atoms with Crippen molar-refractivity contribution in [2.75, 3.05) is 18.8 Å². The van der Waals surface area contributed by atoms with Crippen LogP contribution in [0, 0.1) is 0 Å². The molecule has 0 fully saturated rings. The average molecular weight is 351 g/mol. The first-order chi connectivity index (χ1) is 11.6. The van der Waals surface area contributed by atoms with Gasteiger partial charge < -0.3 is 15.1 Å². The summed E-state index contributed by atoms with van der Waals surface area (Å²) in [6.45, 7) is 5.55. The van der Waals surface area contributed by atoms with E-state index in [1.807, 2.05) is 13.8 Å². The Morgan fingerprint density at radius 2 is 2.08 bits per heavy atom. The van der Waals surface area contributed by atoms with E-state index < -0.39 is 5.91 Å². The predicted molar refractivity (Wildman–Crippen MR) is 90.2 cm³/mol. The first-order valence-corrected chi connectivity index (χ1v) is 8.71. The minimum Gasteiger partial charge on any atom is -0.461 e. The summed E-state index contributed by atoms with van der Waals surface area (Å²) in [5.74, 6) is 0.945. The third kappa shape index (κ3) is 4.38. The Morgan fingerprint density at radius 3 is 2.67 bits per heavy atom. The number of carbonyl (C=O) groups excluding carboxylic acids is 2. The van der Waals surface area contributed by atoms with Gasteiger partial charge in [0.1, 0.15) is 0 Å². The van der Waals surface area contributed by atoms with Crippen LogP contribution in [-0.4, -0.2) is 50.3 Å². The Morgan fingerprint density at radius 1 is 1.33 bits per heavy atom. The van der Waals surface area contributed by atoms with Crippen molar-refractivity contribution in [1.29, 1.82) is 0 Å². The molecule has 2 heterocycles. The number of primary amides is 1. The molecule has 0 unspecified atom stereocenters. The van der Waals surface area contributed by atoms with Crippen LogP contribution in [0.5, 0.6) is 0 Å². The lowest BCUT2D eigenvalue weighted by molar-refractivity contribution is -0.128. The Bertz CT molecular complexity index is 679. The number of amides is 2. The van der Waals surface area contributed by atoms with Gasteiger partial charge in [-0.15, -0.1) is 10.2 Å². The van der Waals surface area contributed by atoms with Crippen molar-refractivity contribution in [3.8, 4) is 11.6 Å². The first kappa shape index (κ1) is 18.1. The molecule has 0 radical (unpaired) electrons. The van der Waals surface area contributed by atoms with E-state index in [2.05, 4.69) is 10.2 Å². The van der Waals surface area contributed by atoms with Gasteiger partial charge >= 0.3 is 0 Å². The van der Waals surface area contributed by atoms with Crippen LogP contribution in [-0.2, 0) is 16.1 Å². The van der Waals surface area contributed by atoms with Crippen molar-refractivity contribution in [2.24, 2.45) is 5.73 Å². The zero-order valence-electron chi connectivity index (χ0n) is 13.8. The van der Waals surface area contributed by atoms with Crippen molar-refractivity contribution < 1.29 is 14.0 Å². The van der Waals surface area contributed by atoms with E-state index in [1.54, 1.807) is 27.9 Å². The highest BCUT2D eigenvalue weighted by molar-refractivity contribution is 7.99. The molecule has 2 N–H and O–H groups in total. The maximum absolute atomic E-state index is 12.1. The number of rotatable bonds is 9. The zero-order chi connectivity index (χ0) is 17.5. The number of hydrogen-bond acceptors (Lipinski definition) is 6. The van der Waals surface area contributed by atoms with Crippen molar-refractivity contribution in [1.82, 2.24) is 19.7 Å². The number of hydrogen-bond donors (Lipinski definition) is 1. The SMILES string of the molecule is CCN(CC)C(=O)CSc1nnc(-c2ccco2)n1CCC(N)=O. The van der Waals surface area contributed by atoms with Crippen LogP contribution >= 0.6 is 11.8 Å². The zero-order valence-corrected chi connectivity index (χ0v) is 14.6. The van der Waals surface area contributed by atoms with Gasteiger partial charge in [-0.2, -0.15) is 0 Å². The van der Waals surface area contributed by atoms with E-state index in [1.165, 1.54) is 11.8 Å². The van der Waals surface area contributed by atoms with E-state index in [9.17, 15) is 9.59 Å². The molecule has 130 valence electrons. The smallest absolute Gasteiger partial charge is 0.233 e. The summed E-state index contributed by atoms with van der Waals surface area (Å²) >= 11 is 1.29. The minimum atomic E-state index is -0.413. The summed E-state index contributed by atoms with van der Waals surface area (Å²) in [7, 11) is 0. The Balaban J connectivity index is 2.16. The van der Waals surface area contributed by atoms with Crippen LogP contribution < -0.4 is 5.73 Å². The first-order valence-electron chi connectivity index (χ1n) is 7.72. The molecule has 0 saturated heterocycles. The molecule has 0 spiro atoms. The van der Waals surface area contributed by atoms with Crippen molar-refractivity contribution in [2.45, 2.75) is 32.0 Å². The van der Waals surface area contributed by atoms with Crippen LogP contribution in [0.2, 0.25) is 0 Å².